The average Bonchev–Trinajstić information content (AvgIpc) is 2.80. The van der Waals surface area contributed by atoms with E-state index in [4.69, 9.17) is 9.47 Å². The number of likely N-dealkylation sites (N-methyl/N-ethyl adjacent to an activating group) is 1. The van der Waals surface area contributed by atoms with Crippen LogP contribution in [0.5, 0.6) is 0 Å². The van der Waals surface area contributed by atoms with Crippen molar-refractivity contribution < 1.29 is 9.47 Å². The molecule has 0 amide bonds. The summed E-state index contributed by atoms with van der Waals surface area (Å²) in [6.45, 7) is 4.93. The van der Waals surface area contributed by atoms with Crippen LogP contribution < -0.4 is 5.32 Å². The van der Waals surface area contributed by atoms with Gasteiger partial charge in [-0.3, -0.25) is 4.90 Å². The highest BCUT2D eigenvalue weighted by atomic mass is 16.5. The Morgan fingerprint density at radius 2 is 1.93 bits per heavy atom. The van der Waals surface area contributed by atoms with Crippen molar-refractivity contribution in [2.24, 2.45) is 5.92 Å². The van der Waals surface area contributed by atoms with Gasteiger partial charge in [-0.05, 0) is 37.8 Å². The fraction of sp³-hybridized carbons (Fsp3) is 0.769. The standard InChI is InChI=1S/C26H44N2O2/c1-27-20-24(19-22-11-5-3-6-12-22)28-16-18-30-26(21-28)25(15-9-10-17-29-2)23-13-7-4-8-14-23/h4,7-8,13-14,22,24-27H,3,5-6,9-12,15-21H2,1-2H3. The zero-order chi connectivity index (χ0) is 21.0. The van der Waals surface area contributed by atoms with E-state index in [1.54, 1.807) is 7.11 Å². The monoisotopic (exact) mass is 416 g/mol. The van der Waals surface area contributed by atoms with E-state index in [0.717, 1.165) is 45.2 Å². The quantitative estimate of drug-likeness (QED) is 0.494. The van der Waals surface area contributed by atoms with Crippen LogP contribution in [-0.2, 0) is 9.47 Å². The average molecular weight is 417 g/mol. The van der Waals surface area contributed by atoms with Gasteiger partial charge in [-0.1, -0.05) is 68.9 Å². The molecule has 0 spiro atoms. The SMILES string of the molecule is CNCC(CC1CCCCC1)N1CCOC(C(CCCCOC)c2ccccc2)C1. The zero-order valence-electron chi connectivity index (χ0n) is 19.4. The van der Waals surface area contributed by atoms with Crippen LogP contribution in [0.25, 0.3) is 0 Å². The van der Waals surface area contributed by atoms with Crippen LogP contribution in [-0.4, -0.2) is 64.1 Å². The molecule has 0 aromatic heterocycles. The third-order valence-corrected chi connectivity index (χ3v) is 7.20. The number of rotatable bonds is 12. The number of nitrogens with one attached hydrogen (secondary N) is 1. The van der Waals surface area contributed by atoms with Crippen LogP contribution in [0.3, 0.4) is 0 Å². The molecule has 0 bridgehead atoms. The molecule has 4 nitrogen and oxygen atoms in total. The second kappa shape index (κ2) is 13.5. The summed E-state index contributed by atoms with van der Waals surface area (Å²) in [4.78, 5) is 2.74. The van der Waals surface area contributed by atoms with Gasteiger partial charge in [0.05, 0.1) is 12.7 Å². The molecule has 1 aliphatic carbocycles. The number of morpholine rings is 1. The first-order valence-electron chi connectivity index (χ1n) is 12.4. The Hall–Kier alpha value is -0.940. The maximum absolute atomic E-state index is 6.41. The predicted molar refractivity (Wildman–Crippen MR) is 125 cm³/mol. The molecular weight excluding hydrogens is 372 g/mol. The van der Waals surface area contributed by atoms with Crippen molar-refractivity contribution in [3.63, 3.8) is 0 Å². The molecule has 2 aliphatic rings. The van der Waals surface area contributed by atoms with Crippen molar-refractivity contribution in [3.05, 3.63) is 35.9 Å². The number of benzene rings is 1. The van der Waals surface area contributed by atoms with Crippen molar-refractivity contribution in [2.75, 3.05) is 47.0 Å². The molecule has 0 radical (unpaired) electrons. The lowest BCUT2D eigenvalue weighted by Crippen LogP contribution is -2.52. The molecule has 30 heavy (non-hydrogen) atoms. The van der Waals surface area contributed by atoms with E-state index in [0.29, 0.717) is 12.0 Å². The summed E-state index contributed by atoms with van der Waals surface area (Å²) >= 11 is 0. The highest BCUT2D eigenvalue weighted by Gasteiger charge is 2.33. The van der Waals surface area contributed by atoms with Crippen LogP contribution in [0.15, 0.2) is 30.3 Å². The van der Waals surface area contributed by atoms with E-state index in [1.807, 2.05) is 0 Å². The summed E-state index contributed by atoms with van der Waals surface area (Å²) in [5, 5.41) is 3.48. The topological polar surface area (TPSA) is 33.7 Å². The van der Waals surface area contributed by atoms with Crippen LogP contribution in [0.2, 0.25) is 0 Å². The van der Waals surface area contributed by atoms with Gasteiger partial charge in [0.25, 0.3) is 0 Å². The maximum atomic E-state index is 6.41. The van der Waals surface area contributed by atoms with Gasteiger partial charge in [-0.25, -0.2) is 0 Å². The van der Waals surface area contributed by atoms with E-state index >= 15 is 0 Å². The smallest absolute Gasteiger partial charge is 0.0771 e. The van der Waals surface area contributed by atoms with Crippen LogP contribution >= 0.6 is 0 Å². The highest BCUT2D eigenvalue weighted by molar-refractivity contribution is 5.21. The van der Waals surface area contributed by atoms with E-state index < -0.39 is 0 Å². The second-order valence-electron chi connectivity index (χ2n) is 9.36. The van der Waals surface area contributed by atoms with E-state index in [-0.39, 0.29) is 6.10 Å². The first-order valence-corrected chi connectivity index (χ1v) is 12.4. The van der Waals surface area contributed by atoms with E-state index in [9.17, 15) is 0 Å². The van der Waals surface area contributed by atoms with Gasteiger partial charge < -0.3 is 14.8 Å². The van der Waals surface area contributed by atoms with Gasteiger partial charge in [-0.2, -0.15) is 0 Å². The lowest BCUT2D eigenvalue weighted by Gasteiger charge is -2.42. The minimum absolute atomic E-state index is 0.286. The van der Waals surface area contributed by atoms with Gasteiger partial charge in [0.1, 0.15) is 0 Å². The summed E-state index contributed by atoms with van der Waals surface area (Å²) in [6.07, 6.45) is 12.3. The summed E-state index contributed by atoms with van der Waals surface area (Å²) in [5.41, 5.74) is 1.43. The molecule has 1 N–H and O–H groups in total. The Balaban J connectivity index is 1.64. The van der Waals surface area contributed by atoms with Gasteiger partial charge in [0.15, 0.2) is 0 Å². The van der Waals surface area contributed by atoms with Gasteiger partial charge in [0, 0.05) is 45.3 Å². The van der Waals surface area contributed by atoms with Crippen LogP contribution in [0, 0.1) is 5.92 Å². The van der Waals surface area contributed by atoms with Crippen molar-refractivity contribution in [1.82, 2.24) is 10.2 Å². The maximum Gasteiger partial charge on any atom is 0.0771 e. The summed E-state index contributed by atoms with van der Waals surface area (Å²) in [7, 11) is 3.90. The van der Waals surface area contributed by atoms with Gasteiger partial charge in [0.2, 0.25) is 0 Å². The highest BCUT2D eigenvalue weighted by Crippen LogP contribution is 2.32. The molecule has 170 valence electrons. The molecule has 1 aliphatic heterocycles. The molecule has 3 atom stereocenters. The van der Waals surface area contributed by atoms with Gasteiger partial charge >= 0.3 is 0 Å². The number of ether oxygens (including phenoxy) is 2. The second-order valence-corrected chi connectivity index (χ2v) is 9.36. The van der Waals surface area contributed by atoms with Crippen LogP contribution in [0.4, 0.5) is 0 Å². The van der Waals surface area contributed by atoms with Crippen molar-refractivity contribution in [2.45, 2.75) is 75.9 Å². The summed E-state index contributed by atoms with van der Waals surface area (Å²) < 4.78 is 11.7. The fourth-order valence-corrected chi connectivity index (χ4v) is 5.55. The van der Waals surface area contributed by atoms with Crippen molar-refractivity contribution in [3.8, 4) is 0 Å². The number of methoxy groups -OCH3 is 1. The molecule has 1 heterocycles. The lowest BCUT2D eigenvalue weighted by atomic mass is 9.83. The van der Waals surface area contributed by atoms with Crippen molar-refractivity contribution in [1.29, 1.82) is 0 Å². The van der Waals surface area contributed by atoms with Crippen molar-refractivity contribution >= 4 is 0 Å². The Bertz CT molecular complexity index is 561. The Kier molecular flexibility index (Phi) is 10.6. The summed E-state index contributed by atoms with van der Waals surface area (Å²) in [5.74, 6) is 1.38. The fourth-order valence-electron chi connectivity index (χ4n) is 5.55. The number of hydrogen-bond donors (Lipinski definition) is 1. The number of unbranched alkanes of at least 4 members (excludes halogenated alkanes) is 1. The molecular formula is C26H44N2O2. The van der Waals surface area contributed by atoms with Gasteiger partial charge in [-0.15, -0.1) is 0 Å². The normalized spacial score (nSPS) is 23.3. The molecule has 4 heteroatoms. The molecule has 3 rings (SSSR count). The first-order chi connectivity index (χ1) is 14.8. The van der Waals surface area contributed by atoms with Crippen LogP contribution in [0.1, 0.15) is 69.3 Å². The minimum Gasteiger partial charge on any atom is -0.385 e. The third-order valence-electron chi connectivity index (χ3n) is 7.20. The number of hydrogen-bond acceptors (Lipinski definition) is 4. The predicted octanol–water partition coefficient (Wildman–Crippen LogP) is 4.85. The lowest BCUT2D eigenvalue weighted by molar-refractivity contribution is -0.0596. The molecule has 1 aromatic carbocycles. The molecule has 2 fully saturated rings. The molecule has 1 aromatic rings. The largest absolute Gasteiger partial charge is 0.385 e. The third kappa shape index (κ3) is 7.33. The van der Waals surface area contributed by atoms with E-state index in [2.05, 4.69) is 47.6 Å². The minimum atomic E-state index is 0.286. The molecule has 3 unspecified atom stereocenters. The Morgan fingerprint density at radius 1 is 1.13 bits per heavy atom. The number of nitrogens with zero attached hydrogens (tertiary/aromatic N) is 1. The summed E-state index contributed by atoms with van der Waals surface area (Å²) in [6, 6.07) is 11.7. The first kappa shape index (κ1) is 23.7. The Morgan fingerprint density at radius 3 is 2.67 bits per heavy atom. The molecule has 1 saturated heterocycles. The zero-order valence-corrected chi connectivity index (χ0v) is 19.4. The Labute approximate surface area is 184 Å². The van der Waals surface area contributed by atoms with E-state index in [1.165, 1.54) is 56.9 Å². The molecule has 1 saturated carbocycles.